The number of hydrogen-bond acceptors (Lipinski definition) is 4. The highest BCUT2D eigenvalue weighted by molar-refractivity contribution is 7.89. The molecule has 122 valence electrons. The number of hydrogen-bond donors (Lipinski definition) is 1. The highest BCUT2D eigenvalue weighted by Crippen LogP contribution is 2.25. The Morgan fingerprint density at radius 1 is 1.27 bits per heavy atom. The summed E-state index contributed by atoms with van der Waals surface area (Å²) in [4.78, 5) is 11.8. The minimum Gasteiger partial charge on any atom is -0.375 e. The Balaban J connectivity index is 2.27. The number of ether oxygens (including phenoxy) is 1. The predicted molar refractivity (Wildman–Crippen MR) is 84.3 cm³/mol. The normalized spacial score (nSPS) is 16.5. The standard InChI is InChI=1S/C15H22N2O4S/c1-12-6-7-13(16-15(18)11-21-2)10-14(12)22(19,20)17-8-4-3-5-9-17/h6-7,10H,3-5,8-9,11H2,1-2H3,(H,16,18). The van der Waals surface area contributed by atoms with Crippen molar-refractivity contribution in [2.45, 2.75) is 31.1 Å². The van der Waals surface area contributed by atoms with Crippen LogP contribution in [0.5, 0.6) is 0 Å². The second-order valence-electron chi connectivity index (χ2n) is 5.43. The van der Waals surface area contributed by atoms with Gasteiger partial charge < -0.3 is 10.1 Å². The first-order valence-corrected chi connectivity index (χ1v) is 8.79. The van der Waals surface area contributed by atoms with Crippen LogP contribution in [0.3, 0.4) is 0 Å². The molecule has 1 aromatic rings. The molecule has 0 aromatic heterocycles. The van der Waals surface area contributed by atoms with E-state index in [0.29, 0.717) is 24.3 Å². The molecule has 1 aliphatic heterocycles. The number of carbonyl (C=O) groups excluding carboxylic acids is 1. The van der Waals surface area contributed by atoms with E-state index in [-0.39, 0.29) is 17.4 Å². The molecule has 7 heteroatoms. The second kappa shape index (κ2) is 7.21. The molecule has 0 aliphatic carbocycles. The van der Waals surface area contributed by atoms with Gasteiger partial charge in [0.15, 0.2) is 0 Å². The molecular formula is C15H22N2O4S. The largest absolute Gasteiger partial charge is 0.375 e. The molecule has 22 heavy (non-hydrogen) atoms. The summed E-state index contributed by atoms with van der Waals surface area (Å²) in [6.45, 7) is 2.81. The lowest BCUT2D eigenvalue weighted by atomic mass is 10.2. The third-order valence-corrected chi connectivity index (χ3v) is 5.72. The number of carbonyl (C=O) groups is 1. The van der Waals surface area contributed by atoms with Crippen LogP contribution in [0.15, 0.2) is 23.1 Å². The third-order valence-electron chi connectivity index (χ3n) is 3.68. The van der Waals surface area contributed by atoms with E-state index in [1.807, 2.05) is 0 Å². The van der Waals surface area contributed by atoms with Gasteiger partial charge in [0.25, 0.3) is 0 Å². The van der Waals surface area contributed by atoms with Gasteiger partial charge >= 0.3 is 0 Å². The van der Waals surface area contributed by atoms with Gasteiger partial charge in [-0.15, -0.1) is 0 Å². The van der Waals surface area contributed by atoms with Crippen LogP contribution in [0.4, 0.5) is 5.69 Å². The summed E-state index contributed by atoms with van der Waals surface area (Å²) in [5, 5.41) is 2.64. The Morgan fingerprint density at radius 3 is 2.59 bits per heavy atom. The first-order chi connectivity index (χ1) is 10.4. The second-order valence-corrected chi connectivity index (χ2v) is 7.33. The molecule has 1 aromatic carbocycles. The zero-order valence-electron chi connectivity index (χ0n) is 13.0. The summed E-state index contributed by atoms with van der Waals surface area (Å²) in [5.41, 5.74) is 1.14. The van der Waals surface area contributed by atoms with Gasteiger partial charge in [-0.3, -0.25) is 4.79 Å². The van der Waals surface area contributed by atoms with Crippen LogP contribution in [-0.4, -0.2) is 45.4 Å². The minimum absolute atomic E-state index is 0.0674. The van der Waals surface area contributed by atoms with E-state index in [1.165, 1.54) is 17.5 Å². The van der Waals surface area contributed by atoms with Gasteiger partial charge in [0, 0.05) is 25.9 Å². The summed E-state index contributed by atoms with van der Waals surface area (Å²) < 4.78 is 31.8. The zero-order valence-corrected chi connectivity index (χ0v) is 13.8. The number of piperidine rings is 1. The van der Waals surface area contributed by atoms with Gasteiger partial charge in [0.05, 0.1) is 4.90 Å². The fourth-order valence-electron chi connectivity index (χ4n) is 2.53. The Hall–Kier alpha value is -1.44. The van der Waals surface area contributed by atoms with Gasteiger partial charge in [0.1, 0.15) is 6.61 Å². The number of amides is 1. The number of nitrogens with zero attached hydrogens (tertiary/aromatic N) is 1. The predicted octanol–water partition coefficient (Wildman–Crippen LogP) is 1.75. The van der Waals surface area contributed by atoms with Crippen molar-refractivity contribution in [3.63, 3.8) is 0 Å². The Kier molecular flexibility index (Phi) is 5.55. The molecule has 1 saturated heterocycles. The van der Waals surface area contributed by atoms with Crippen LogP contribution < -0.4 is 5.32 Å². The van der Waals surface area contributed by atoms with Crippen molar-refractivity contribution in [3.05, 3.63) is 23.8 Å². The average Bonchev–Trinajstić information content (AvgIpc) is 2.50. The van der Waals surface area contributed by atoms with Crippen molar-refractivity contribution in [2.24, 2.45) is 0 Å². The number of sulfonamides is 1. The monoisotopic (exact) mass is 326 g/mol. The number of rotatable bonds is 5. The van der Waals surface area contributed by atoms with Gasteiger partial charge in [0.2, 0.25) is 15.9 Å². The Bertz CT molecular complexity index is 637. The van der Waals surface area contributed by atoms with Gasteiger partial charge in [-0.2, -0.15) is 4.31 Å². The number of aryl methyl sites for hydroxylation is 1. The summed E-state index contributed by atoms with van der Waals surface area (Å²) in [5.74, 6) is -0.312. The fraction of sp³-hybridized carbons (Fsp3) is 0.533. The van der Waals surface area contributed by atoms with Crippen LogP contribution in [0, 0.1) is 6.92 Å². The number of methoxy groups -OCH3 is 1. The number of anilines is 1. The first kappa shape index (κ1) is 16.9. The topological polar surface area (TPSA) is 75.7 Å². The van der Waals surface area contributed by atoms with Crippen LogP contribution in [0.25, 0.3) is 0 Å². The maximum atomic E-state index is 12.8. The molecule has 0 atom stereocenters. The van der Waals surface area contributed by atoms with Crippen LogP contribution in [-0.2, 0) is 19.6 Å². The lowest BCUT2D eigenvalue weighted by molar-refractivity contribution is -0.119. The molecule has 0 saturated carbocycles. The molecule has 1 aliphatic rings. The van der Waals surface area contributed by atoms with Crippen molar-refractivity contribution in [3.8, 4) is 0 Å². The molecular weight excluding hydrogens is 304 g/mol. The summed E-state index contributed by atoms with van der Waals surface area (Å²) >= 11 is 0. The van der Waals surface area contributed by atoms with Crippen molar-refractivity contribution in [2.75, 3.05) is 32.1 Å². The van der Waals surface area contributed by atoms with E-state index < -0.39 is 10.0 Å². The van der Waals surface area contributed by atoms with Crippen LogP contribution >= 0.6 is 0 Å². The molecule has 0 radical (unpaired) electrons. The van der Waals surface area contributed by atoms with E-state index in [9.17, 15) is 13.2 Å². The van der Waals surface area contributed by atoms with Gasteiger partial charge in [-0.05, 0) is 37.5 Å². The van der Waals surface area contributed by atoms with E-state index in [1.54, 1.807) is 19.1 Å². The molecule has 1 amide bonds. The smallest absolute Gasteiger partial charge is 0.250 e. The summed E-state index contributed by atoms with van der Waals surface area (Å²) in [7, 11) is -2.08. The lowest BCUT2D eigenvalue weighted by Gasteiger charge is -2.26. The van der Waals surface area contributed by atoms with E-state index in [4.69, 9.17) is 4.74 Å². The third kappa shape index (κ3) is 3.85. The van der Waals surface area contributed by atoms with E-state index in [0.717, 1.165) is 19.3 Å². The molecule has 1 N–H and O–H groups in total. The van der Waals surface area contributed by atoms with Crippen molar-refractivity contribution in [1.29, 1.82) is 0 Å². The summed E-state index contributed by atoms with van der Waals surface area (Å²) in [6, 6.07) is 4.92. The number of nitrogens with one attached hydrogen (secondary N) is 1. The quantitative estimate of drug-likeness (QED) is 0.894. The minimum atomic E-state index is -3.51. The van der Waals surface area contributed by atoms with E-state index >= 15 is 0 Å². The van der Waals surface area contributed by atoms with E-state index in [2.05, 4.69) is 5.32 Å². The average molecular weight is 326 g/mol. The van der Waals surface area contributed by atoms with Crippen molar-refractivity contribution < 1.29 is 17.9 Å². The first-order valence-electron chi connectivity index (χ1n) is 7.35. The van der Waals surface area contributed by atoms with Crippen molar-refractivity contribution >= 4 is 21.6 Å². The number of benzene rings is 1. The molecule has 1 heterocycles. The molecule has 0 spiro atoms. The van der Waals surface area contributed by atoms with Crippen LogP contribution in [0.2, 0.25) is 0 Å². The maximum Gasteiger partial charge on any atom is 0.250 e. The summed E-state index contributed by atoms with van der Waals surface area (Å²) in [6.07, 6.45) is 2.85. The molecule has 2 rings (SSSR count). The SMILES string of the molecule is COCC(=O)Nc1ccc(C)c(S(=O)(=O)N2CCCCC2)c1. The molecule has 0 unspecified atom stereocenters. The van der Waals surface area contributed by atoms with Gasteiger partial charge in [-0.25, -0.2) is 8.42 Å². The lowest BCUT2D eigenvalue weighted by Crippen LogP contribution is -2.36. The highest BCUT2D eigenvalue weighted by atomic mass is 32.2. The Morgan fingerprint density at radius 2 is 1.95 bits per heavy atom. The molecule has 6 nitrogen and oxygen atoms in total. The van der Waals surface area contributed by atoms with Gasteiger partial charge in [-0.1, -0.05) is 12.5 Å². The van der Waals surface area contributed by atoms with Crippen molar-refractivity contribution in [1.82, 2.24) is 4.31 Å². The molecule has 1 fully saturated rings. The van der Waals surface area contributed by atoms with Crippen LogP contribution in [0.1, 0.15) is 24.8 Å². The zero-order chi connectivity index (χ0) is 16.2. The molecule has 0 bridgehead atoms. The maximum absolute atomic E-state index is 12.8. The fourth-order valence-corrected chi connectivity index (χ4v) is 4.30. The highest BCUT2D eigenvalue weighted by Gasteiger charge is 2.27. The Labute approximate surface area is 131 Å².